The van der Waals surface area contributed by atoms with Crippen molar-refractivity contribution < 1.29 is 14.1 Å². The highest BCUT2D eigenvalue weighted by molar-refractivity contribution is 7.99. The number of nitrogens with one attached hydrogen (secondary N) is 1. The van der Waals surface area contributed by atoms with Gasteiger partial charge in [-0.25, -0.2) is 9.18 Å². The minimum atomic E-state index is -0.458. The van der Waals surface area contributed by atoms with Crippen LogP contribution in [0.5, 0.6) is 0 Å². The van der Waals surface area contributed by atoms with Gasteiger partial charge in [0.25, 0.3) is 5.69 Å². The third-order valence-corrected chi connectivity index (χ3v) is 4.88. The summed E-state index contributed by atoms with van der Waals surface area (Å²) in [7, 11) is 0. The summed E-state index contributed by atoms with van der Waals surface area (Å²) < 4.78 is 13.2. The summed E-state index contributed by atoms with van der Waals surface area (Å²) in [6.07, 6.45) is 0. The molecule has 6 nitrogen and oxygen atoms in total. The van der Waals surface area contributed by atoms with Crippen molar-refractivity contribution in [1.82, 2.24) is 4.90 Å². The van der Waals surface area contributed by atoms with Crippen molar-refractivity contribution in [3.8, 4) is 0 Å². The van der Waals surface area contributed by atoms with Crippen LogP contribution >= 0.6 is 11.8 Å². The lowest BCUT2D eigenvalue weighted by Gasteiger charge is -2.24. The summed E-state index contributed by atoms with van der Waals surface area (Å²) in [6.45, 7) is 0.549. The van der Waals surface area contributed by atoms with E-state index in [4.69, 9.17) is 0 Å². The Kier molecular flexibility index (Phi) is 4.66. The minimum Gasteiger partial charge on any atom is -0.308 e. The molecule has 2 aromatic rings. The number of thioether (sulfide) groups is 1. The van der Waals surface area contributed by atoms with Crippen molar-refractivity contribution in [2.45, 2.75) is 5.37 Å². The molecule has 0 bridgehead atoms. The van der Waals surface area contributed by atoms with Crippen LogP contribution in [0.15, 0.2) is 48.5 Å². The number of urea groups is 1. The fraction of sp³-hybridized carbons (Fsp3) is 0.188. The van der Waals surface area contributed by atoms with Crippen LogP contribution in [-0.2, 0) is 0 Å². The maximum absolute atomic E-state index is 13.2. The van der Waals surface area contributed by atoms with E-state index in [1.807, 2.05) is 0 Å². The van der Waals surface area contributed by atoms with Crippen molar-refractivity contribution in [3.05, 3.63) is 70.0 Å². The second-order valence-electron chi connectivity index (χ2n) is 5.21. The number of rotatable bonds is 3. The molecule has 124 valence electrons. The Bertz CT molecular complexity index is 769. The maximum atomic E-state index is 13.2. The van der Waals surface area contributed by atoms with Gasteiger partial charge in [0.05, 0.1) is 4.92 Å². The van der Waals surface area contributed by atoms with Gasteiger partial charge in [-0.05, 0) is 35.9 Å². The minimum absolute atomic E-state index is 0.0116. The molecule has 2 amide bonds. The first-order valence-electron chi connectivity index (χ1n) is 7.24. The molecule has 1 N–H and O–H groups in total. The SMILES string of the molecule is O=C(Nc1cccc(F)c1)N1CCSC1c1ccc([N+](=O)[O-])cc1. The molecular formula is C16H14FN3O3S. The molecule has 0 saturated carbocycles. The summed E-state index contributed by atoms with van der Waals surface area (Å²) in [5.74, 6) is 0.341. The normalized spacial score (nSPS) is 16.9. The van der Waals surface area contributed by atoms with Crippen LogP contribution < -0.4 is 5.32 Å². The van der Waals surface area contributed by atoms with Crippen LogP contribution in [0, 0.1) is 15.9 Å². The Morgan fingerprint density at radius 3 is 2.71 bits per heavy atom. The number of anilines is 1. The highest BCUT2D eigenvalue weighted by Crippen LogP contribution is 2.38. The third kappa shape index (κ3) is 3.48. The summed E-state index contributed by atoms with van der Waals surface area (Å²) in [6, 6.07) is 11.5. The predicted octanol–water partition coefficient (Wildman–Crippen LogP) is 4.01. The monoisotopic (exact) mass is 347 g/mol. The lowest BCUT2D eigenvalue weighted by molar-refractivity contribution is -0.384. The smallest absolute Gasteiger partial charge is 0.308 e. The number of halogens is 1. The van der Waals surface area contributed by atoms with Crippen LogP contribution in [0.3, 0.4) is 0 Å². The van der Waals surface area contributed by atoms with Gasteiger partial charge in [-0.3, -0.25) is 10.1 Å². The molecule has 1 fully saturated rings. The standard InChI is InChI=1S/C16H14FN3O3S/c17-12-2-1-3-13(10-12)18-16(21)19-8-9-24-15(19)11-4-6-14(7-5-11)20(22)23/h1-7,10,15H,8-9H2,(H,18,21). The van der Waals surface area contributed by atoms with Gasteiger partial charge in [0.1, 0.15) is 11.2 Å². The number of carbonyl (C=O) groups is 1. The summed E-state index contributed by atoms with van der Waals surface area (Å²) >= 11 is 1.58. The topological polar surface area (TPSA) is 75.5 Å². The second-order valence-corrected chi connectivity index (χ2v) is 6.39. The Morgan fingerprint density at radius 2 is 2.04 bits per heavy atom. The molecule has 1 saturated heterocycles. The van der Waals surface area contributed by atoms with Gasteiger partial charge in [0.2, 0.25) is 0 Å². The maximum Gasteiger partial charge on any atom is 0.323 e. The van der Waals surface area contributed by atoms with E-state index in [0.29, 0.717) is 12.2 Å². The van der Waals surface area contributed by atoms with E-state index in [1.165, 1.54) is 30.3 Å². The Hall–Kier alpha value is -2.61. The zero-order valence-corrected chi connectivity index (χ0v) is 13.3. The molecule has 1 heterocycles. The van der Waals surface area contributed by atoms with E-state index in [0.717, 1.165) is 11.3 Å². The number of amides is 2. The number of carbonyl (C=O) groups excluding carboxylic acids is 1. The molecule has 1 aliphatic heterocycles. The number of nitro groups is 1. The molecule has 1 atom stereocenters. The number of nitro benzene ring substituents is 1. The van der Waals surface area contributed by atoms with Crippen LogP contribution in [0.25, 0.3) is 0 Å². The molecule has 8 heteroatoms. The van der Waals surface area contributed by atoms with E-state index in [2.05, 4.69) is 5.32 Å². The molecular weight excluding hydrogens is 333 g/mol. The number of nitrogens with zero attached hydrogens (tertiary/aromatic N) is 2. The largest absolute Gasteiger partial charge is 0.323 e. The highest BCUT2D eigenvalue weighted by atomic mass is 32.2. The molecule has 3 rings (SSSR count). The first-order valence-corrected chi connectivity index (χ1v) is 8.28. The van der Waals surface area contributed by atoms with E-state index in [9.17, 15) is 19.3 Å². The zero-order chi connectivity index (χ0) is 17.1. The van der Waals surface area contributed by atoms with Crippen molar-refractivity contribution in [3.63, 3.8) is 0 Å². The van der Waals surface area contributed by atoms with Gasteiger partial charge >= 0.3 is 6.03 Å². The number of hydrogen-bond donors (Lipinski definition) is 1. The molecule has 24 heavy (non-hydrogen) atoms. The molecule has 0 aliphatic carbocycles. The number of hydrogen-bond acceptors (Lipinski definition) is 4. The summed E-state index contributed by atoms with van der Waals surface area (Å²) in [5, 5.41) is 13.2. The van der Waals surface area contributed by atoms with Gasteiger partial charge in [0, 0.05) is 30.1 Å². The van der Waals surface area contributed by atoms with E-state index in [1.54, 1.807) is 34.9 Å². The van der Waals surface area contributed by atoms with Crippen molar-refractivity contribution >= 4 is 29.2 Å². The average molecular weight is 347 g/mol. The lowest BCUT2D eigenvalue weighted by atomic mass is 10.2. The van der Waals surface area contributed by atoms with Crippen molar-refractivity contribution in [2.24, 2.45) is 0 Å². The molecule has 1 aliphatic rings. The Morgan fingerprint density at radius 1 is 1.29 bits per heavy atom. The van der Waals surface area contributed by atoms with Crippen LogP contribution in [0.1, 0.15) is 10.9 Å². The van der Waals surface area contributed by atoms with Crippen molar-refractivity contribution in [2.75, 3.05) is 17.6 Å². The van der Waals surface area contributed by atoms with Gasteiger partial charge in [-0.2, -0.15) is 0 Å². The van der Waals surface area contributed by atoms with E-state index < -0.39 is 10.7 Å². The molecule has 1 unspecified atom stereocenters. The zero-order valence-electron chi connectivity index (χ0n) is 12.5. The van der Waals surface area contributed by atoms with Crippen LogP contribution in [0.4, 0.5) is 20.6 Å². The Balaban J connectivity index is 1.75. The van der Waals surface area contributed by atoms with Crippen molar-refractivity contribution in [1.29, 1.82) is 0 Å². The molecule has 0 radical (unpaired) electrons. The second kappa shape index (κ2) is 6.88. The van der Waals surface area contributed by atoms with Gasteiger partial charge in [-0.15, -0.1) is 11.8 Å². The van der Waals surface area contributed by atoms with Crippen LogP contribution in [0.2, 0.25) is 0 Å². The average Bonchev–Trinajstić information content (AvgIpc) is 3.04. The van der Waals surface area contributed by atoms with Gasteiger partial charge in [0.15, 0.2) is 0 Å². The summed E-state index contributed by atoms with van der Waals surface area (Å²) in [4.78, 5) is 24.4. The molecule has 2 aromatic carbocycles. The predicted molar refractivity (Wildman–Crippen MR) is 90.4 cm³/mol. The number of benzene rings is 2. The Labute approximate surface area is 141 Å². The first kappa shape index (κ1) is 16.3. The number of non-ortho nitro benzene ring substituents is 1. The van der Waals surface area contributed by atoms with Gasteiger partial charge < -0.3 is 10.2 Å². The van der Waals surface area contributed by atoms with E-state index >= 15 is 0 Å². The third-order valence-electron chi connectivity index (χ3n) is 3.62. The summed E-state index contributed by atoms with van der Waals surface area (Å²) in [5.41, 5.74) is 1.22. The molecule has 0 aromatic heterocycles. The van der Waals surface area contributed by atoms with Gasteiger partial charge in [-0.1, -0.05) is 6.07 Å². The lowest BCUT2D eigenvalue weighted by Crippen LogP contribution is -2.34. The van der Waals surface area contributed by atoms with E-state index in [-0.39, 0.29) is 17.1 Å². The fourth-order valence-electron chi connectivity index (χ4n) is 2.48. The quantitative estimate of drug-likeness (QED) is 0.672. The first-order chi connectivity index (χ1) is 11.5. The molecule has 0 spiro atoms. The highest BCUT2D eigenvalue weighted by Gasteiger charge is 2.31. The van der Waals surface area contributed by atoms with Crippen LogP contribution in [-0.4, -0.2) is 28.2 Å². The fourth-order valence-corrected chi connectivity index (χ4v) is 3.73.